The molecule has 0 spiro atoms. The number of anilines is 1. The number of aromatic nitrogens is 1. The molecule has 0 atom stereocenters. The van der Waals surface area contributed by atoms with E-state index in [1.54, 1.807) is 12.1 Å². The summed E-state index contributed by atoms with van der Waals surface area (Å²) in [5, 5.41) is 16.5. The van der Waals surface area contributed by atoms with Gasteiger partial charge in [-0.2, -0.15) is 5.26 Å². The van der Waals surface area contributed by atoms with E-state index in [1.807, 2.05) is 53.9 Å². The number of hydrogen-bond donors (Lipinski definition) is 1. The van der Waals surface area contributed by atoms with E-state index >= 15 is 0 Å². The highest BCUT2D eigenvalue weighted by Gasteiger charge is 2.09. The Morgan fingerprint density at radius 3 is 2.59 bits per heavy atom. The van der Waals surface area contributed by atoms with E-state index in [0.717, 1.165) is 27.6 Å². The maximum atomic E-state index is 12.4. The number of benzene rings is 3. The number of thiazole rings is 1. The number of fused-ring (bicyclic) bond motifs is 1. The number of amides is 1. The van der Waals surface area contributed by atoms with Crippen LogP contribution in [0.5, 0.6) is 0 Å². The quantitative estimate of drug-likeness (QED) is 0.549. The van der Waals surface area contributed by atoms with Crippen LogP contribution in [0.4, 0.5) is 5.13 Å². The lowest BCUT2D eigenvalue weighted by Gasteiger charge is -2.04. The van der Waals surface area contributed by atoms with Crippen molar-refractivity contribution in [3.63, 3.8) is 0 Å². The van der Waals surface area contributed by atoms with Crippen molar-refractivity contribution in [3.8, 4) is 17.3 Å². The van der Waals surface area contributed by atoms with Gasteiger partial charge in [0.05, 0.1) is 23.7 Å². The van der Waals surface area contributed by atoms with Crippen molar-refractivity contribution in [2.24, 2.45) is 0 Å². The average molecular weight is 369 g/mol. The molecule has 130 valence electrons. The van der Waals surface area contributed by atoms with E-state index in [4.69, 9.17) is 5.26 Å². The summed E-state index contributed by atoms with van der Waals surface area (Å²) in [6, 6.07) is 23.5. The maximum Gasteiger partial charge on any atom is 0.230 e. The van der Waals surface area contributed by atoms with Crippen molar-refractivity contribution in [2.45, 2.75) is 6.42 Å². The lowest BCUT2D eigenvalue weighted by atomic mass is 10.1. The molecule has 0 fully saturated rings. The molecule has 4 aromatic rings. The number of nitrogens with zero attached hydrogens (tertiary/aromatic N) is 2. The molecule has 1 aromatic heterocycles. The maximum absolute atomic E-state index is 12.4. The first-order chi connectivity index (χ1) is 13.2. The van der Waals surface area contributed by atoms with Gasteiger partial charge in [-0.05, 0) is 28.5 Å². The Balaban J connectivity index is 1.44. The molecule has 4 rings (SSSR count). The van der Waals surface area contributed by atoms with Gasteiger partial charge in [0, 0.05) is 10.9 Å². The van der Waals surface area contributed by atoms with Crippen LogP contribution in [0.1, 0.15) is 11.1 Å². The zero-order valence-electron chi connectivity index (χ0n) is 14.3. The standard InChI is InChI=1S/C22H15N3OS/c23-13-15-5-9-18(10-6-15)20-14-27-22(24-20)25-21(26)12-16-7-8-17-3-1-2-4-19(17)11-16/h1-11,14H,12H2,(H,24,25,26). The minimum atomic E-state index is -0.0917. The molecule has 3 aromatic carbocycles. The Morgan fingerprint density at radius 1 is 1.04 bits per heavy atom. The fourth-order valence-corrected chi connectivity index (χ4v) is 3.61. The minimum Gasteiger partial charge on any atom is -0.302 e. The molecule has 1 amide bonds. The van der Waals surface area contributed by atoms with Gasteiger partial charge in [0.2, 0.25) is 5.91 Å². The van der Waals surface area contributed by atoms with Crippen molar-refractivity contribution in [2.75, 3.05) is 5.32 Å². The van der Waals surface area contributed by atoms with Crippen molar-refractivity contribution in [3.05, 3.63) is 83.2 Å². The third-order valence-corrected chi connectivity index (χ3v) is 5.00. The first kappa shape index (κ1) is 17.0. The highest BCUT2D eigenvalue weighted by Crippen LogP contribution is 2.25. The van der Waals surface area contributed by atoms with Gasteiger partial charge in [0.15, 0.2) is 5.13 Å². The fourth-order valence-electron chi connectivity index (χ4n) is 2.88. The predicted molar refractivity (Wildman–Crippen MR) is 109 cm³/mol. The lowest BCUT2D eigenvalue weighted by Crippen LogP contribution is -2.14. The predicted octanol–water partition coefficient (Wildman–Crippen LogP) is 5.02. The van der Waals surface area contributed by atoms with E-state index < -0.39 is 0 Å². The highest BCUT2D eigenvalue weighted by atomic mass is 32.1. The second-order valence-corrected chi connectivity index (χ2v) is 6.99. The van der Waals surface area contributed by atoms with Gasteiger partial charge in [0.1, 0.15) is 0 Å². The molecule has 0 aliphatic carbocycles. The fraction of sp³-hybridized carbons (Fsp3) is 0.0455. The molecule has 0 saturated carbocycles. The molecule has 0 aliphatic heterocycles. The third-order valence-electron chi connectivity index (χ3n) is 4.24. The molecule has 1 N–H and O–H groups in total. The molecular formula is C22H15N3OS. The summed E-state index contributed by atoms with van der Waals surface area (Å²) in [6.07, 6.45) is 0.302. The normalized spacial score (nSPS) is 10.5. The summed E-state index contributed by atoms with van der Waals surface area (Å²) in [6.45, 7) is 0. The van der Waals surface area contributed by atoms with Crippen LogP contribution in [0.25, 0.3) is 22.0 Å². The van der Waals surface area contributed by atoms with E-state index in [9.17, 15) is 4.79 Å². The topological polar surface area (TPSA) is 65.8 Å². The van der Waals surface area contributed by atoms with Crippen molar-refractivity contribution < 1.29 is 4.79 Å². The van der Waals surface area contributed by atoms with E-state index in [0.29, 0.717) is 17.1 Å². The molecule has 1 heterocycles. The number of carbonyl (C=O) groups excluding carboxylic acids is 1. The van der Waals surface area contributed by atoms with E-state index in [1.165, 1.54) is 11.3 Å². The summed E-state index contributed by atoms with van der Waals surface area (Å²) in [5.74, 6) is -0.0917. The molecule has 0 aliphatic rings. The van der Waals surface area contributed by atoms with Gasteiger partial charge in [-0.3, -0.25) is 4.79 Å². The van der Waals surface area contributed by atoms with Crippen LogP contribution in [0.2, 0.25) is 0 Å². The van der Waals surface area contributed by atoms with Crippen LogP contribution in [0.3, 0.4) is 0 Å². The van der Waals surface area contributed by atoms with Gasteiger partial charge >= 0.3 is 0 Å². The lowest BCUT2D eigenvalue weighted by molar-refractivity contribution is -0.115. The molecular weight excluding hydrogens is 354 g/mol. The highest BCUT2D eigenvalue weighted by molar-refractivity contribution is 7.14. The molecule has 5 heteroatoms. The third kappa shape index (κ3) is 3.86. The van der Waals surface area contributed by atoms with Gasteiger partial charge in [0.25, 0.3) is 0 Å². The molecule has 0 saturated heterocycles. The minimum absolute atomic E-state index is 0.0917. The molecule has 0 unspecified atom stereocenters. The van der Waals surface area contributed by atoms with Gasteiger partial charge in [-0.25, -0.2) is 4.98 Å². The summed E-state index contributed by atoms with van der Waals surface area (Å²) in [4.78, 5) is 16.8. The van der Waals surface area contributed by atoms with E-state index in [2.05, 4.69) is 22.4 Å². The average Bonchev–Trinajstić information content (AvgIpc) is 3.16. The second-order valence-electron chi connectivity index (χ2n) is 6.13. The Kier molecular flexibility index (Phi) is 4.65. The Bertz CT molecular complexity index is 1160. The van der Waals surface area contributed by atoms with Crippen LogP contribution < -0.4 is 5.32 Å². The molecule has 27 heavy (non-hydrogen) atoms. The summed E-state index contributed by atoms with van der Waals surface area (Å²) < 4.78 is 0. The number of hydrogen-bond acceptors (Lipinski definition) is 4. The molecule has 4 nitrogen and oxygen atoms in total. The molecule has 0 bridgehead atoms. The van der Waals surface area contributed by atoms with Crippen molar-refractivity contribution >= 4 is 33.1 Å². The number of nitrogens with one attached hydrogen (secondary N) is 1. The number of rotatable bonds is 4. The zero-order chi connectivity index (χ0) is 18.6. The van der Waals surface area contributed by atoms with Crippen molar-refractivity contribution in [1.82, 2.24) is 4.98 Å². The Hall–Kier alpha value is -3.49. The van der Waals surface area contributed by atoms with Crippen LogP contribution in [-0.2, 0) is 11.2 Å². The number of nitriles is 1. The summed E-state index contributed by atoms with van der Waals surface area (Å²) in [7, 11) is 0. The van der Waals surface area contributed by atoms with Gasteiger partial charge in [-0.1, -0.05) is 54.6 Å². The summed E-state index contributed by atoms with van der Waals surface area (Å²) in [5.41, 5.74) is 3.28. The SMILES string of the molecule is N#Cc1ccc(-c2csc(NC(=O)Cc3ccc4ccccc4c3)n2)cc1. The first-order valence-electron chi connectivity index (χ1n) is 8.45. The smallest absolute Gasteiger partial charge is 0.230 e. The van der Waals surface area contributed by atoms with E-state index in [-0.39, 0.29) is 5.91 Å². The van der Waals surface area contributed by atoms with Crippen LogP contribution in [0, 0.1) is 11.3 Å². The van der Waals surface area contributed by atoms with Crippen LogP contribution in [-0.4, -0.2) is 10.9 Å². The Morgan fingerprint density at radius 2 is 1.81 bits per heavy atom. The monoisotopic (exact) mass is 369 g/mol. The largest absolute Gasteiger partial charge is 0.302 e. The summed E-state index contributed by atoms with van der Waals surface area (Å²) >= 11 is 1.39. The Labute approximate surface area is 160 Å². The first-order valence-corrected chi connectivity index (χ1v) is 9.33. The van der Waals surface area contributed by atoms with Crippen LogP contribution >= 0.6 is 11.3 Å². The second kappa shape index (κ2) is 7.40. The van der Waals surface area contributed by atoms with Gasteiger partial charge in [-0.15, -0.1) is 11.3 Å². The molecule has 0 radical (unpaired) electrons. The van der Waals surface area contributed by atoms with Gasteiger partial charge < -0.3 is 5.32 Å². The van der Waals surface area contributed by atoms with Crippen molar-refractivity contribution in [1.29, 1.82) is 5.26 Å². The number of carbonyl (C=O) groups is 1. The zero-order valence-corrected chi connectivity index (χ0v) is 15.2. The van der Waals surface area contributed by atoms with Crippen LogP contribution in [0.15, 0.2) is 72.1 Å².